The van der Waals surface area contributed by atoms with E-state index in [9.17, 15) is 24.6 Å². The maximum absolute atomic E-state index is 12.0. The van der Waals surface area contributed by atoms with E-state index in [0.29, 0.717) is 18.9 Å². The van der Waals surface area contributed by atoms with Gasteiger partial charge in [-0.05, 0) is 17.7 Å². The minimum atomic E-state index is -1.56. The molecular weight excluding hydrogens is 368 g/mol. The maximum atomic E-state index is 12.0. The fourth-order valence-corrected chi connectivity index (χ4v) is 2.74. The highest BCUT2D eigenvalue weighted by molar-refractivity contribution is 6.07. The van der Waals surface area contributed by atoms with Crippen LogP contribution in [0.25, 0.3) is 11.1 Å². The largest absolute Gasteiger partial charge is 0.492 e. The smallest absolute Gasteiger partial charge is 0.342 e. The van der Waals surface area contributed by atoms with E-state index in [2.05, 4.69) is 9.97 Å². The zero-order valence-corrected chi connectivity index (χ0v) is 14.5. The van der Waals surface area contributed by atoms with Crippen molar-refractivity contribution < 1.29 is 24.5 Å². The predicted octanol–water partition coefficient (Wildman–Crippen LogP) is 1.30. The molecule has 144 valence electrons. The number of aromatic carboxylic acids is 2. The first-order chi connectivity index (χ1) is 13.4. The Kier molecular flexibility index (Phi) is 5.12. The van der Waals surface area contributed by atoms with E-state index < -0.39 is 34.4 Å². The highest BCUT2D eigenvalue weighted by atomic mass is 16.5. The average molecular weight is 384 g/mol. The molecule has 0 aliphatic heterocycles. The number of rotatable bonds is 7. The number of hydrogen-bond donors (Lipinski definition) is 4. The molecular formula is C18H16N4O6. The molecule has 0 radical (unpaired) electrons. The molecule has 5 N–H and O–H groups in total. The number of pyridine rings is 1. The molecule has 10 nitrogen and oxygen atoms in total. The van der Waals surface area contributed by atoms with E-state index in [1.165, 1.54) is 12.1 Å². The van der Waals surface area contributed by atoms with Gasteiger partial charge in [-0.3, -0.25) is 4.79 Å². The van der Waals surface area contributed by atoms with Crippen LogP contribution in [-0.4, -0.2) is 43.3 Å². The number of benzene rings is 1. The average Bonchev–Trinajstić information content (AvgIpc) is 3.14. The number of nitrogens with two attached hydrogens (primary N) is 1. The van der Waals surface area contributed by atoms with Crippen molar-refractivity contribution in [3.05, 3.63) is 64.5 Å². The molecule has 0 aliphatic carbocycles. The van der Waals surface area contributed by atoms with Crippen LogP contribution >= 0.6 is 0 Å². The van der Waals surface area contributed by atoms with Gasteiger partial charge in [0.05, 0.1) is 12.9 Å². The number of imidazole rings is 1. The van der Waals surface area contributed by atoms with Crippen molar-refractivity contribution in [3.63, 3.8) is 0 Å². The van der Waals surface area contributed by atoms with E-state index in [-0.39, 0.29) is 11.1 Å². The van der Waals surface area contributed by atoms with Crippen LogP contribution in [0.4, 0.5) is 5.82 Å². The lowest BCUT2D eigenvalue weighted by atomic mass is 9.95. The maximum Gasteiger partial charge on any atom is 0.342 e. The Morgan fingerprint density at radius 3 is 2.39 bits per heavy atom. The second-order valence-corrected chi connectivity index (χ2v) is 5.78. The summed E-state index contributed by atoms with van der Waals surface area (Å²) in [5.41, 5.74) is 3.41. The number of nitrogen functional groups attached to an aromatic ring is 1. The van der Waals surface area contributed by atoms with Gasteiger partial charge in [-0.15, -0.1) is 0 Å². The molecule has 0 bridgehead atoms. The first-order valence-corrected chi connectivity index (χ1v) is 8.09. The van der Waals surface area contributed by atoms with Gasteiger partial charge in [-0.25, -0.2) is 14.6 Å². The van der Waals surface area contributed by atoms with Crippen LogP contribution in [0.3, 0.4) is 0 Å². The minimum absolute atomic E-state index is 0.217. The lowest BCUT2D eigenvalue weighted by Crippen LogP contribution is -2.24. The standard InChI is InChI=1S/C18H16N4O6/c19-15-13(17(24)25)12(14(18(26)27)16(23)21-15)10-1-3-11(4-2-10)28-8-7-22-6-5-20-9-22/h1-6,9H,7-8H2,(H,24,25)(H,26,27)(H3,19,21,23). The van der Waals surface area contributed by atoms with Crippen LogP contribution in [0.15, 0.2) is 47.8 Å². The second kappa shape index (κ2) is 7.66. The summed E-state index contributed by atoms with van der Waals surface area (Å²) in [6.07, 6.45) is 5.11. The van der Waals surface area contributed by atoms with E-state index >= 15 is 0 Å². The molecule has 1 aromatic carbocycles. The molecule has 3 aromatic rings. The first kappa shape index (κ1) is 18.7. The van der Waals surface area contributed by atoms with Gasteiger partial charge in [0.1, 0.15) is 29.3 Å². The molecule has 0 aliphatic rings. The number of aromatic nitrogens is 3. The number of H-pyrrole nitrogens is 1. The Hall–Kier alpha value is -4.08. The van der Waals surface area contributed by atoms with Gasteiger partial charge >= 0.3 is 11.9 Å². The molecule has 2 aromatic heterocycles. The van der Waals surface area contributed by atoms with Crippen LogP contribution in [0, 0.1) is 0 Å². The quantitative estimate of drug-likeness (QED) is 0.474. The molecule has 0 fully saturated rings. The van der Waals surface area contributed by atoms with Crippen LogP contribution in [-0.2, 0) is 6.54 Å². The van der Waals surface area contributed by atoms with Crippen molar-refractivity contribution in [2.75, 3.05) is 12.3 Å². The van der Waals surface area contributed by atoms with Gasteiger partial charge in [-0.2, -0.15) is 0 Å². The number of aromatic amines is 1. The fraction of sp³-hybridized carbons (Fsp3) is 0.111. The predicted molar refractivity (Wildman–Crippen MR) is 98.6 cm³/mol. The van der Waals surface area contributed by atoms with E-state index in [4.69, 9.17) is 10.5 Å². The summed E-state index contributed by atoms with van der Waals surface area (Å²) in [5.74, 6) is -2.93. The summed E-state index contributed by atoms with van der Waals surface area (Å²) in [5, 5.41) is 18.8. The third-order valence-corrected chi connectivity index (χ3v) is 3.99. The third-order valence-electron chi connectivity index (χ3n) is 3.99. The molecule has 2 heterocycles. The Bertz CT molecular complexity index is 1070. The number of nitrogens with zero attached hydrogens (tertiary/aromatic N) is 2. The summed E-state index contributed by atoms with van der Waals surface area (Å²) < 4.78 is 7.44. The molecule has 0 saturated carbocycles. The van der Waals surface area contributed by atoms with Crippen molar-refractivity contribution in [1.29, 1.82) is 0 Å². The van der Waals surface area contributed by atoms with Gasteiger partial charge in [0.25, 0.3) is 5.56 Å². The molecule has 0 unspecified atom stereocenters. The number of anilines is 1. The minimum Gasteiger partial charge on any atom is -0.492 e. The first-order valence-electron chi connectivity index (χ1n) is 8.09. The van der Waals surface area contributed by atoms with Crippen LogP contribution < -0.4 is 16.0 Å². The summed E-state index contributed by atoms with van der Waals surface area (Å²) in [6.45, 7) is 0.951. The van der Waals surface area contributed by atoms with Crippen molar-refractivity contribution in [2.24, 2.45) is 0 Å². The van der Waals surface area contributed by atoms with Gasteiger partial charge < -0.3 is 30.2 Å². The Balaban J connectivity index is 1.93. The molecule has 0 saturated heterocycles. The van der Waals surface area contributed by atoms with Gasteiger partial charge in [0.15, 0.2) is 0 Å². The number of carbonyl (C=O) groups is 2. The molecule has 28 heavy (non-hydrogen) atoms. The Morgan fingerprint density at radius 2 is 1.82 bits per heavy atom. The second-order valence-electron chi connectivity index (χ2n) is 5.78. The summed E-state index contributed by atoms with van der Waals surface area (Å²) in [7, 11) is 0. The van der Waals surface area contributed by atoms with Crippen LogP contribution in [0.5, 0.6) is 5.75 Å². The lowest BCUT2D eigenvalue weighted by Gasteiger charge is -2.13. The normalized spacial score (nSPS) is 10.6. The SMILES string of the molecule is Nc1[nH]c(=O)c(C(=O)O)c(-c2ccc(OCCn3ccnc3)cc2)c1C(=O)O. The number of carboxylic acids is 2. The molecule has 0 atom stereocenters. The van der Waals surface area contributed by atoms with Crippen LogP contribution in [0.2, 0.25) is 0 Å². The zero-order chi connectivity index (χ0) is 20.3. The summed E-state index contributed by atoms with van der Waals surface area (Å²) in [4.78, 5) is 41.1. The number of nitrogens with one attached hydrogen (secondary N) is 1. The summed E-state index contributed by atoms with van der Waals surface area (Å²) in [6, 6.07) is 6.05. The monoisotopic (exact) mass is 384 g/mol. The number of hydrogen-bond acceptors (Lipinski definition) is 6. The van der Waals surface area contributed by atoms with Crippen molar-refractivity contribution in [3.8, 4) is 16.9 Å². The number of carboxylic acid groups (broad SMARTS) is 2. The van der Waals surface area contributed by atoms with E-state index in [1.807, 2.05) is 4.57 Å². The van der Waals surface area contributed by atoms with Gasteiger partial charge in [-0.1, -0.05) is 12.1 Å². The third kappa shape index (κ3) is 3.70. The van der Waals surface area contributed by atoms with Crippen molar-refractivity contribution in [1.82, 2.24) is 14.5 Å². The highest BCUT2D eigenvalue weighted by Gasteiger charge is 2.26. The lowest BCUT2D eigenvalue weighted by molar-refractivity contribution is 0.0695. The topological polar surface area (TPSA) is 161 Å². The van der Waals surface area contributed by atoms with Gasteiger partial charge in [0.2, 0.25) is 0 Å². The van der Waals surface area contributed by atoms with E-state index in [1.54, 1.807) is 30.9 Å². The highest BCUT2D eigenvalue weighted by Crippen LogP contribution is 2.30. The number of ether oxygens (including phenoxy) is 1. The van der Waals surface area contributed by atoms with Gasteiger partial charge in [0, 0.05) is 18.0 Å². The van der Waals surface area contributed by atoms with Crippen molar-refractivity contribution >= 4 is 17.8 Å². The Morgan fingerprint density at radius 1 is 1.14 bits per heavy atom. The van der Waals surface area contributed by atoms with Crippen LogP contribution in [0.1, 0.15) is 20.7 Å². The van der Waals surface area contributed by atoms with E-state index in [0.717, 1.165) is 0 Å². The summed E-state index contributed by atoms with van der Waals surface area (Å²) >= 11 is 0. The Labute approximate surface area is 157 Å². The van der Waals surface area contributed by atoms with Crippen molar-refractivity contribution in [2.45, 2.75) is 6.54 Å². The molecule has 3 rings (SSSR count). The molecule has 0 amide bonds. The molecule has 0 spiro atoms. The fourth-order valence-electron chi connectivity index (χ4n) is 2.74. The molecule has 10 heteroatoms. The zero-order valence-electron chi connectivity index (χ0n) is 14.5.